The highest BCUT2D eigenvalue weighted by molar-refractivity contribution is 5.92. The summed E-state index contributed by atoms with van der Waals surface area (Å²) >= 11 is 0. The van der Waals surface area contributed by atoms with Crippen LogP contribution >= 0.6 is 0 Å². The molecule has 0 aliphatic rings. The van der Waals surface area contributed by atoms with Gasteiger partial charge in [0.25, 0.3) is 0 Å². The van der Waals surface area contributed by atoms with Crippen molar-refractivity contribution in [3.05, 3.63) is 47.7 Å². The van der Waals surface area contributed by atoms with Gasteiger partial charge in [-0.3, -0.25) is 4.79 Å². The molecule has 3 N–H and O–H groups in total. The number of methoxy groups -OCH3 is 1. The number of nitrogens with one attached hydrogen (secondary N) is 1. The smallest absolute Gasteiger partial charge is 0.250 e. The fourth-order valence-electron chi connectivity index (χ4n) is 2.34. The minimum Gasteiger partial charge on any atom is -0.493 e. The fraction of sp³-hybridized carbons (Fsp3) is 0.368. The van der Waals surface area contributed by atoms with Crippen LogP contribution in [0.4, 0.5) is 0 Å². The van der Waals surface area contributed by atoms with E-state index in [0.29, 0.717) is 22.9 Å². The Kier molecular flexibility index (Phi) is 7.22. The predicted octanol–water partition coefficient (Wildman–Crippen LogP) is 3.26. The van der Waals surface area contributed by atoms with Gasteiger partial charge >= 0.3 is 0 Å². The Morgan fingerprint density at radius 2 is 2.04 bits per heavy atom. The van der Waals surface area contributed by atoms with Crippen LogP contribution in [0.25, 0.3) is 0 Å². The lowest BCUT2D eigenvalue weighted by molar-refractivity contribution is 0.1000. The molecule has 0 fully saturated rings. The van der Waals surface area contributed by atoms with Crippen LogP contribution in [0.1, 0.15) is 42.1 Å². The summed E-state index contributed by atoms with van der Waals surface area (Å²) in [6, 6.07) is 8.96. The van der Waals surface area contributed by atoms with E-state index < -0.39 is 5.91 Å². The molecule has 0 saturated heterocycles. The third kappa shape index (κ3) is 5.76. The molecule has 0 spiro atoms. The molecule has 6 heteroatoms. The van der Waals surface area contributed by atoms with Crippen LogP contribution in [0.3, 0.4) is 0 Å². The summed E-state index contributed by atoms with van der Waals surface area (Å²) < 4.78 is 11.1. The number of primary amides is 1. The van der Waals surface area contributed by atoms with Crippen molar-refractivity contribution in [3.8, 4) is 17.4 Å². The summed E-state index contributed by atoms with van der Waals surface area (Å²) in [5.74, 6) is 1.05. The lowest BCUT2D eigenvalue weighted by Gasteiger charge is -2.12. The highest BCUT2D eigenvalue weighted by Gasteiger charge is 2.09. The van der Waals surface area contributed by atoms with Crippen LogP contribution in [0.15, 0.2) is 36.5 Å². The van der Waals surface area contributed by atoms with Gasteiger partial charge in [0.05, 0.1) is 12.7 Å². The van der Waals surface area contributed by atoms with Crippen molar-refractivity contribution in [2.45, 2.75) is 32.7 Å². The van der Waals surface area contributed by atoms with E-state index in [0.717, 1.165) is 18.7 Å². The standard InChI is InChI=1S/C19H25N3O3/c1-3-4-5-10-21-12-14-6-8-16(17(11-14)24-2)25-18-9-7-15(13-22-18)19(20)23/h6-9,11,13,21H,3-5,10,12H2,1-2H3,(H2,20,23). The second-order valence-electron chi connectivity index (χ2n) is 5.72. The quantitative estimate of drug-likeness (QED) is 0.647. The van der Waals surface area contributed by atoms with Crippen LogP contribution in [0.2, 0.25) is 0 Å². The van der Waals surface area contributed by atoms with Crippen molar-refractivity contribution < 1.29 is 14.3 Å². The van der Waals surface area contributed by atoms with Crippen LogP contribution in [0, 0.1) is 0 Å². The Labute approximate surface area is 148 Å². The summed E-state index contributed by atoms with van der Waals surface area (Å²) in [6.07, 6.45) is 5.03. The highest BCUT2D eigenvalue weighted by Crippen LogP contribution is 2.31. The Morgan fingerprint density at radius 1 is 1.20 bits per heavy atom. The van der Waals surface area contributed by atoms with Gasteiger partial charge < -0.3 is 20.5 Å². The Hall–Kier alpha value is -2.60. The van der Waals surface area contributed by atoms with Gasteiger partial charge in [-0.15, -0.1) is 0 Å². The summed E-state index contributed by atoms with van der Waals surface area (Å²) in [5.41, 5.74) is 6.66. The minimum absolute atomic E-state index is 0.337. The lowest BCUT2D eigenvalue weighted by atomic mass is 10.2. The molecule has 1 heterocycles. The molecule has 1 aromatic carbocycles. The third-order valence-electron chi connectivity index (χ3n) is 3.75. The molecule has 0 unspecified atom stereocenters. The van der Waals surface area contributed by atoms with E-state index in [9.17, 15) is 4.79 Å². The molecule has 2 aromatic rings. The molecule has 2 rings (SSSR count). The fourth-order valence-corrected chi connectivity index (χ4v) is 2.34. The van der Waals surface area contributed by atoms with Gasteiger partial charge in [-0.1, -0.05) is 25.8 Å². The number of benzene rings is 1. The maximum absolute atomic E-state index is 11.1. The number of hydrogen-bond acceptors (Lipinski definition) is 5. The zero-order chi connectivity index (χ0) is 18.1. The number of ether oxygens (including phenoxy) is 2. The SMILES string of the molecule is CCCCCNCc1ccc(Oc2ccc(C(N)=O)cn2)c(OC)c1. The molecule has 25 heavy (non-hydrogen) atoms. The monoisotopic (exact) mass is 343 g/mol. The lowest BCUT2D eigenvalue weighted by Crippen LogP contribution is -2.14. The highest BCUT2D eigenvalue weighted by atomic mass is 16.5. The maximum Gasteiger partial charge on any atom is 0.250 e. The van der Waals surface area contributed by atoms with E-state index in [1.807, 2.05) is 18.2 Å². The Balaban J connectivity index is 1.99. The summed E-state index contributed by atoms with van der Waals surface area (Å²) in [5, 5.41) is 3.42. The molecule has 0 saturated carbocycles. The van der Waals surface area contributed by atoms with Crippen LogP contribution < -0.4 is 20.5 Å². The van der Waals surface area contributed by atoms with Crippen LogP contribution in [0.5, 0.6) is 17.4 Å². The van der Waals surface area contributed by atoms with E-state index in [2.05, 4.69) is 17.2 Å². The third-order valence-corrected chi connectivity index (χ3v) is 3.75. The molecule has 0 atom stereocenters. The molecule has 1 aromatic heterocycles. The van der Waals surface area contributed by atoms with Gasteiger partial charge in [0.2, 0.25) is 11.8 Å². The maximum atomic E-state index is 11.1. The van der Waals surface area contributed by atoms with E-state index in [4.69, 9.17) is 15.2 Å². The molecular weight excluding hydrogens is 318 g/mol. The predicted molar refractivity (Wildman–Crippen MR) is 97.1 cm³/mol. The number of unbranched alkanes of at least 4 members (excludes halogenated alkanes) is 2. The van der Waals surface area contributed by atoms with E-state index in [-0.39, 0.29) is 0 Å². The molecule has 0 aliphatic heterocycles. The number of hydrogen-bond donors (Lipinski definition) is 2. The van der Waals surface area contributed by atoms with E-state index in [1.165, 1.54) is 25.5 Å². The van der Waals surface area contributed by atoms with Gasteiger partial charge in [0.15, 0.2) is 11.5 Å². The summed E-state index contributed by atoms with van der Waals surface area (Å²) in [4.78, 5) is 15.1. The number of carbonyl (C=O) groups is 1. The molecule has 6 nitrogen and oxygen atoms in total. The van der Waals surface area contributed by atoms with E-state index in [1.54, 1.807) is 19.2 Å². The second-order valence-corrected chi connectivity index (χ2v) is 5.72. The summed E-state index contributed by atoms with van der Waals surface area (Å²) in [7, 11) is 1.60. The number of rotatable bonds is 10. The molecule has 0 bridgehead atoms. The van der Waals surface area contributed by atoms with Gasteiger partial charge in [-0.25, -0.2) is 4.98 Å². The Morgan fingerprint density at radius 3 is 2.68 bits per heavy atom. The first-order valence-electron chi connectivity index (χ1n) is 8.45. The van der Waals surface area contributed by atoms with Gasteiger partial charge in [0.1, 0.15) is 0 Å². The average Bonchev–Trinajstić information content (AvgIpc) is 2.63. The number of aromatic nitrogens is 1. The van der Waals surface area contributed by atoms with Crippen molar-refractivity contribution in [2.24, 2.45) is 5.73 Å². The first-order chi connectivity index (χ1) is 12.1. The van der Waals surface area contributed by atoms with Crippen LogP contribution in [-0.4, -0.2) is 24.5 Å². The molecule has 134 valence electrons. The van der Waals surface area contributed by atoms with Crippen LogP contribution in [-0.2, 0) is 6.54 Å². The largest absolute Gasteiger partial charge is 0.493 e. The normalized spacial score (nSPS) is 10.5. The number of nitrogens with zero attached hydrogens (tertiary/aromatic N) is 1. The zero-order valence-electron chi connectivity index (χ0n) is 14.7. The van der Waals surface area contributed by atoms with Gasteiger partial charge in [-0.2, -0.15) is 0 Å². The minimum atomic E-state index is -0.521. The van der Waals surface area contributed by atoms with Crippen molar-refractivity contribution in [1.29, 1.82) is 0 Å². The van der Waals surface area contributed by atoms with Crippen molar-refractivity contribution in [2.75, 3.05) is 13.7 Å². The van der Waals surface area contributed by atoms with E-state index >= 15 is 0 Å². The first kappa shape index (κ1) is 18.7. The second kappa shape index (κ2) is 9.64. The number of carbonyl (C=O) groups excluding carboxylic acids is 1. The summed E-state index contributed by atoms with van der Waals surface area (Å²) in [6.45, 7) is 3.98. The zero-order valence-corrected chi connectivity index (χ0v) is 14.7. The first-order valence-corrected chi connectivity index (χ1v) is 8.45. The molecule has 0 radical (unpaired) electrons. The molecule has 0 aliphatic carbocycles. The van der Waals surface area contributed by atoms with Gasteiger partial charge in [-0.05, 0) is 36.7 Å². The van der Waals surface area contributed by atoms with Gasteiger partial charge in [0, 0.05) is 18.8 Å². The number of amides is 1. The van der Waals surface area contributed by atoms with Crippen molar-refractivity contribution in [1.82, 2.24) is 10.3 Å². The molecular formula is C19H25N3O3. The van der Waals surface area contributed by atoms with Crippen molar-refractivity contribution in [3.63, 3.8) is 0 Å². The average molecular weight is 343 g/mol. The van der Waals surface area contributed by atoms with Crippen molar-refractivity contribution >= 4 is 5.91 Å². The number of pyridine rings is 1. The Bertz CT molecular complexity index is 687. The topological polar surface area (TPSA) is 86.5 Å². The molecule has 1 amide bonds. The number of nitrogens with two attached hydrogens (primary N) is 1.